The lowest BCUT2D eigenvalue weighted by molar-refractivity contribution is -0.294. The van der Waals surface area contributed by atoms with E-state index >= 15 is 0 Å². The zero-order valence-corrected chi connectivity index (χ0v) is 35.6. The van der Waals surface area contributed by atoms with E-state index in [0.29, 0.717) is 26.1 Å². The largest absolute Gasteiger partial charge is 0.481 e. The monoisotopic (exact) mass is 737 g/mol. The predicted octanol–water partition coefficient (Wildman–Crippen LogP) is 11.7. The third-order valence-corrected chi connectivity index (χ3v) is 13.3. The Labute approximate surface area is 320 Å². The maximum Gasteiger partial charge on any atom is 0.310 e. The van der Waals surface area contributed by atoms with E-state index in [-0.39, 0.29) is 53.3 Å². The number of hydrogen-bond acceptors (Lipinski definition) is 6. The second-order valence-corrected chi connectivity index (χ2v) is 18.3. The molecule has 2 aliphatic rings. The maximum atomic E-state index is 14.2. The van der Waals surface area contributed by atoms with Crippen LogP contribution in [0.25, 0.3) is 0 Å². The van der Waals surface area contributed by atoms with Crippen LogP contribution in [0.2, 0.25) is 0 Å². The van der Waals surface area contributed by atoms with Crippen LogP contribution in [0.3, 0.4) is 0 Å². The van der Waals surface area contributed by atoms with Gasteiger partial charge in [-0.15, -0.1) is 0 Å². The number of carboxylic acid groups (broad SMARTS) is 2. The van der Waals surface area contributed by atoms with E-state index in [1.165, 1.54) is 64.2 Å². The summed E-state index contributed by atoms with van der Waals surface area (Å²) in [6, 6.07) is 0.176. The Morgan fingerprint density at radius 3 is 1.35 bits per heavy atom. The van der Waals surface area contributed by atoms with Gasteiger partial charge in [0.2, 0.25) is 0 Å². The summed E-state index contributed by atoms with van der Waals surface area (Å²) in [7, 11) is 0. The van der Waals surface area contributed by atoms with Gasteiger partial charge in [-0.25, -0.2) is 0 Å². The number of carbonyl (C=O) groups is 2. The number of piperidine rings is 2. The molecule has 0 radical (unpaired) electrons. The van der Waals surface area contributed by atoms with Gasteiger partial charge in [0, 0.05) is 29.6 Å². The van der Waals surface area contributed by atoms with Crippen LogP contribution in [0.4, 0.5) is 0 Å². The van der Waals surface area contributed by atoms with Gasteiger partial charge in [0.25, 0.3) is 0 Å². The molecule has 0 aromatic heterocycles. The Hall–Kier alpha value is -1.22. The van der Waals surface area contributed by atoms with Crippen LogP contribution in [0.1, 0.15) is 204 Å². The molecule has 0 aromatic rings. The number of hydrogen-bond donors (Lipinski definition) is 2. The molecule has 0 spiro atoms. The number of nitrogens with zero attached hydrogens (tertiary/aromatic N) is 2. The first-order chi connectivity index (χ1) is 24.6. The lowest BCUT2D eigenvalue weighted by atomic mass is 9.50. The fourth-order valence-electron chi connectivity index (χ4n) is 10.1. The summed E-state index contributed by atoms with van der Waals surface area (Å²) in [6.45, 7) is 24.0. The SMILES string of the molecule is CCCCCCCCON1C(C)C(C)C(C(CCCCCCCC(=O)O)(C(=O)O)C2CC(C)(C)N(OCCCCCCCC)C(C)C2C)CC1(C)C. The summed E-state index contributed by atoms with van der Waals surface area (Å²) in [5.41, 5.74) is -1.50. The Balaban J connectivity index is 2.35. The summed E-state index contributed by atoms with van der Waals surface area (Å²) in [5.74, 6) is -1.13. The molecule has 0 aromatic carbocycles. The van der Waals surface area contributed by atoms with Crippen molar-refractivity contribution in [2.75, 3.05) is 13.2 Å². The number of aliphatic carboxylic acids is 2. The minimum absolute atomic E-state index is 0.0121. The highest BCUT2D eigenvalue weighted by Crippen LogP contribution is 2.58. The topological polar surface area (TPSA) is 99.5 Å². The minimum atomic E-state index is -0.895. The van der Waals surface area contributed by atoms with Crippen LogP contribution in [0.5, 0.6) is 0 Å². The van der Waals surface area contributed by atoms with Gasteiger partial charge in [0.15, 0.2) is 0 Å². The van der Waals surface area contributed by atoms with Crippen LogP contribution in [-0.4, -0.2) is 68.7 Å². The van der Waals surface area contributed by atoms with Crippen molar-refractivity contribution < 1.29 is 29.5 Å². The molecule has 0 bridgehead atoms. The van der Waals surface area contributed by atoms with Gasteiger partial charge < -0.3 is 10.2 Å². The van der Waals surface area contributed by atoms with Crippen molar-refractivity contribution in [2.24, 2.45) is 29.1 Å². The Morgan fingerprint density at radius 2 is 0.962 bits per heavy atom. The average molecular weight is 737 g/mol. The highest BCUT2D eigenvalue weighted by Gasteiger charge is 2.62. The number of carboxylic acids is 2. The molecule has 2 saturated heterocycles. The molecule has 2 heterocycles. The van der Waals surface area contributed by atoms with Crippen LogP contribution in [-0.2, 0) is 19.3 Å². The maximum absolute atomic E-state index is 14.2. The average Bonchev–Trinajstić information content (AvgIpc) is 3.07. The molecule has 6 atom stereocenters. The van der Waals surface area contributed by atoms with Crippen LogP contribution in [0.15, 0.2) is 0 Å². The lowest BCUT2D eigenvalue weighted by Gasteiger charge is -2.61. The molecule has 52 heavy (non-hydrogen) atoms. The third-order valence-electron chi connectivity index (χ3n) is 13.3. The second kappa shape index (κ2) is 23.0. The molecule has 8 nitrogen and oxygen atoms in total. The van der Waals surface area contributed by atoms with Gasteiger partial charge in [-0.2, -0.15) is 10.1 Å². The fourth-order valence-corrected chi connectivity index (χ4v) is 10.1. The van der Waals surface area contributed by atoms with E-state index in [1.54, 1.807) is 0 Å². The summed E-state index contributed by atoms with van der Waals surface area (Å²) < 4.78 is 0. The molecule has 8 heteroatoms. The first kappa shape index (κ1) is 46.9. The lowest BCUT2D eigenvalue weighted by Crippen LogP contribution is -2.66. The quantitative estimate of drug-likeness (QED) is 0.0804. The molecule has 2 aliphatic heterocycles. The highest BCUT2D eigenvalue weighted by atomic mass is 16.7. The van der Waals surface area contributed by atoms with Crippen molar-refractivity contribution in [3.63, 3.8) is 0 Å². The van der Waals surface area contributed by atoms with E-state index in [9.17, 15) is 14.7 Å². The fraction of sp³-hybridized carbons (Fsp3) is 0.955. The van der Waals surface area contributed by atoms with Crippen LogP contribution in [0, 0.1) is 29.1 Å². The molecular formula is C44H84N2O6. The van der Waals surface area contributed by atoms with E-state index in [0.717, 1.165) is 51.4 Å². The van der Waals surface area contributed by atoms with Gasteiger partial charge in [-0.1, -0.05) is 118 Å². The Morgan fingerprint density at radius 1 is 0.596 bits per heavy atom. The van der Waals surface area contributed by atoms with Crippen LogP contribution < -0.4 is 0 Å². The normalized spacial score (nSPS) is 27.7. The smallest absolute Gasteiger partial charge is 0.310 e. The van der Waals surface area contributed by atoms with Gasteiger partial charge in [0.05, 0.1) is 18.6 Å². The summed E-state index contributed by atoms with van der Waals surface area (Å²) in [5, 5.41) is 25.2. The molecule has 2 fully saturated rings. The predicted molar refractivity (Wildman–Crippen MR) is 214 cm³/mol. The van der Waals surface area contributed by atoms with Crippen molar-refractivity contribution in [1.82, 2.24) is 10.1 Å². The molecular weight excluding hydrogens is 652 g/mol. The first-order valence-corrected chi connectivity index (χ1v) is 21.9. The Bertz CT molecular complexity index is 961. The van der Waals surface area contributed by atoms with Gasteiger partial charge in [-0.05, 0) is 104 Å². The molecule has 0 amide bonds. The molecule has 306 valence electrons. The zero-order valence-electron chi connectivity index (χ0n) is 35.6. The van der Waals surface area contributed by atoms with Crippen molar-refractivity contribution in [3.05, 3.63) is 0 Å². The van der Waals surface area contributed by atoms with Crippen molar-refractivity contribution in [3.8, 4) is 0 Å². The molecule has 0 aliphatic carbocycles. The minimum Gasteiger partial charge on any atom is -0.481 e. The van der Waals surface area contributed by atoms with Crippen molar-refractivity contribution >= 4 is 11.9 Å². The summed E-state index contributed by atoms with van der Waals surface area (Å²) in [6.07, 6.45) is 21.3. The standard InChI is InChI=1S/C44H84N2O6/c1-11-13-15-17-22-26-30-51-45-36(5)34(3)38(32-42(45,7)8)44(41(49)50,29-25-21-19-20-24-28-40(47)48)39-33-43(9,10)46(37(6)35(39)4)52-31-27-23-18-16-14-12-2/h34-39H,11-33H2,1-10H3,(H,47,48)(H,49,50). The van der Waals surface area contributed by atoms with Gasteiger partial charge >= 0.3 is 11.9 Å². The second-order valence-electron chi connectivity index (χ2n) is 18.3. The summed E-state index contributed by atoms with van der Waals surface area (Å²) in [4.78, 5) is 38.5. The van der Waals surface area contributed by atoms with E-state index < -0.39 is 17.4 Å². The van der Waals surface area contributed by atoms with Gasteiger partial charge in [0.1, 0.15) is 0 Å². The van der Waals surface area contributed by atoms with Crippen molar-refractivity contribution in [2.45, 2.75) is 227 Å². The van der Waals surface area contributed by atoms with Crippen molar-refractivity contribution in [1.29, 1.82) is 0 Å². The third kappa shape index (κ3) is 13.2. The van der Waals surface area contributed by atoms with E-state index in [2.05, 4.69) is 79.4 Å². The van der Waals surface area contributed by atoms with Gasteiger partial charge in [-0.3, -0.25) is 19.3 Å². The van der Waals surface area contributed by atoms with E-state index in [1.807, 2.05) is 0 Å². The molecule has 2 N–H and O–H groups in total. The van der Waals surface area contributed by atoms with Crippen LogP contribution >= 0.6 is 0 Å². The Kier molecular flexibility index (Phi) is 20.7. The number of unbranched alkanes of at least 4 members (excludes halogenated alkanes) is 14. The zero-order chi connectivity index (χ0) is 39.0. The molecule has 6 unspecified atom stereocenters. The highest BCUT2D eigenvalue weighted by molar-refractivity contribution is 5.76. The summed E-state index contributed by atoms with van der Waals surface area (Å²) >= 11 is 0. The first-order valence-electron chi connectivity index (χ1n) is 21.9. The molecule has 0 saturated carbocycles. The number of hydroxylamine groups is 4. The molecule has 2 rings (SSSR count). The number of rotatable bonds is 27. The van der Waals surface area contributed by atoms with E-state index in [4.69, 9.17) is 14.8 Å².